The lowest BCUT2D eigenvalue weighted by atomic mass is 9.95. The molecule has 0 fully saturated rings. The maximum absolute atomic E-state index is 12.9. The fourth-order valence-corrected chi connectivity index (χ4v) is 8.40. The molecule has 1 unspecified atom stereocenters. The largest absolute Gasteiger partial charge is 1.00 e. The van der Waals surface area contributed by atoms with Crippen LogP contribution in [0.25, 0.3) is 23.1 Å². The number of amides is 1. The number of carbonyl (C=O) groups excluding carboxylic acids is 1. The minimum absolute atomic E-state index is 0. The second-order valence-corrected chi connectivity index (χ2v) is 14.8. The Balaban J connectivity index is 0.00000650. The summed E-state index contributed by atoms with van der Waals surface area (Å²) in [6.07, 6.45) is 12.4. The monoisotopic (exact) mass is 756 g/mol. The van der Waals surface area contributed by atoms with Crippen molar-refractivity contribution in [3.05, 3.63) is 71.4 Å². The predicted molar refractivity (Wildman–Crippen MR) is 200 cm³/mol. The molecule has 0 aliphatic carbocycles. The summed E-state index contributed by atoms with van der Waals surface area (Å²) in [7, 11) is -3.06. The van der Waals surface area contributed by atoms with Gasteiger partial charge in [0.25, 0.3) is 0 Å². The van der Waals surface area contributed by atoms with E-state index in [2.05, 4.69) is 107 Å². The van der Waals surface area contributed by atoms with Crippen molar-refractivity contribution in [3.8, 4) is 0 Å². The first-order valence-electron chi connectivity index (χ1n) is 18.2. The summed E-state index contributed by atoms with van der Waals surface area (Å²) in [5.41, 5.74) is 6.13. The zero-order valence-corrected chi connectivity index (χ0v) is 32.8. The van der Waals surface area contributed by atoms with E-state index in [9.17, 15) is 9.36 Å². The molecule has 1 aliphatic rings. The van der Waals surface area contributed by atoms with Crippen LogP contribution in [0.5, 0.6) is 0 Å². The fraction of sp³-hybridized carbons (Fsp3) is 0.538. The molecule has 1 aromatic heterocycles. The van der Waals surface area contributed by atoms with Crippen LogP contribution in [-0.4, -0.2) is 68.9 Å². The molecule has 2 aromatic carbocycles. The van der Waals surface area contributed by atoms with E-state index < -0.39 is 7.60 Å². The lowest BCUT2D eigenvalue weighted by Gasteiger charge is -2.32. The molecule has 8 nitrogen and oxygen atoms in total. The normalized spacial score (nSPS) is 13.9. The standard InChI is InChI=1S/C39H57N4O4P.BrH/c1-6-41(7-2)26-13-16-32(5)40-39(44)25-30-42-27-14-19-36-33(17-12-21-38(36)42)22-23-34-24-29-43(37-20-11-10-18-35(34)37)28-15-31-48(45,46-8-3)47-9-4;/h10-12,17-18,20-24,29,32H,6-9,13-16,19,25-28,30-31H2,1-5H3;1H/b23-22+;. The first-order chi connectivity index (χ1) is 23.3. The topological polar surface area (TPSA) is 75.0 Å². The first-order valence-corrected chi connectivity index (χ1v) is 19.9. The Bertz CT molecular complexity index is 1540. The van der Waals surface area contributed by atoms with Crippen LogP contribution >= 0.6 is 7.60 Å². The Labute approximate surface area is 305 Å². The van der Waals surface area contributed by atoms with Crippen molar-refractivity contribution in [1.82, 2.24) is 10.2 Å². The molecule has 0 radical (unpaired) electrons. The van der Waals surface area contributed by atoms with E-state index in [4.69, 9.17) is 9.05 Å². The molecule has 270 valence electrons. The van der Waals surface area contributed by atoms with Crippen molar-refractivity contribution >= 4 is 42.2 Å². The van der Waals surface area contributed by atoms with Gasteiger partial charge in [-0.1, -0.05) is 50.3 Å². The zero-order valence-electron chi connectivity index (χ0n) is 30.3. The van der Waals surface area contributed by atoms with Gasteiger partial charge in [-0.05, 0) is 94.9 Å². The van der Waals surface area contributed by atoms with Crippen LogP contribution in [0.1, 0.15) is 83.4 Å². The Morgan fingerprint density at radius 1 is 1.00 bits per heavy atom. The van der Waals surface area contributed by atoms with E-state index in [1.165, 1.54) is 22.2 Å². The van der Waals surface area contributed by atoms with E-state index in [-0.39, 0.29) is 28.9 Å². The first kappa shape index (κ1) is 40.9. The summed E-state index contributed by atoms with van der Waals surface area (Å²) in [6.45, 7) is 16.6. The lowest BCUT2D eigenvalue weighted by molar-refractivity contribution is -0.671. The number of para-hydroxylation sites is 1. The van der Waals surface area contributed by atoms with Crippen LogP contribution in [0.4, 0.5) is 5.69 Å². The van der Waals surface area contributed by atoms with Gasteiger partial charge in [-0.2, -0.15) is 4.57 Å². The summed E-state index contributed by atoms with van der Waals surface area (Å²) in [5.74, 6) is 0.138. The molecule has 1 aliphatic heterocycles. The highest BCUT2D eigenvalue weighted by molar-refractivity contribution is 7.53. The van der Waals surface area contributed by atoms with Gasteiger partial charge in [0.05, 0.1) is 24.8 Å². The number of nitrogens with zero attached hydrogens (tertiary/aromatic N) is 3. The summed E-state index contributed by atoms with van der Waals surface area (Å²) in [6, 6.07) is 17.3. The number of hydrogen-bond donors (Lipinski definition) is 1. The number of aryl methyl sites for hydroxylation is 1. The van der Waals surface area contributed by atoms with Crippen molar-refractivity contribution in [2.24, 2.45) is 0 Å². The number of pyridine rings is 1. The summed E-state index contributed by atoms with van der Waals surface area (Å²) in [4.78, 5) is 17.7. The molecule has 0 saturated carbocycles. The number of anilines is 1. The Hall–Kier alpha value is -2.55. The van der Waals surface area contributed by atoms with Crippen molar-refractivity contribution in [2.45, 2.75) is 85.7 Å². The number of benzene rings is 2. The van der Waals surface area contributed by atoms with Crippen molar-refractivity contribution in [3.63, 3.8) is 0 Å². The Morgan fingerprint density at radius 3 is 2.47 bits per heavy atom. The molecule has 3 aromatic rings. The minimum Gasteiger partial charge on any atom is -1.00 e. The Kier molecular flexibility index (Phi) is 17.5. The van der Waals surface area contributed by atoms with Gasteiger partial charge in [0.15, 0.2) is 6.20 Å². The van der Waals surface area contributed by atoms with Gasteiger partial charge < -0.3 is 41.1 Å². The number of fused-ring (bicyclic) bond motifs is 2. The molecule has 1 N–H and O–H groups in total. The molecule has 1 atom stereocenters. The van der Waals surface area contributed by atoms with Crippen LogP contribution in [-0.2, 0) is 31.4 Å². The highest BCUT2D eigenvalue weighted by Crippen LogP contribution is 2.48. The molecule has 0 bridgehead atoms. The Morgan fingerprint density at radius 2 is 1.73 bits per heavy atom. The van der Waals surface area contributed by atoms with Crippen LogP contribution in [0.2, 0.25) is 0 Å². The molecule has 0 spiro atoms. The van der Waals surface area contributed by atoms with Crippen molar-refractivity contribution in [2.75, 3.05) is 57.0 Å². The summed E-state index contributed by atoms with van der Waals surface area (Å²) < 4.78 is 26.1. The van der Waals surface area contributed by atoms with Crippen molar-refractivity contribution in [1.29, 1.82) is 0 Å². The fourth-order valence-electron chi connectivity index (χ4n) is 6.76. The van der Waals surface area contributed by atoms with Gasteiger partial charge in [-0.3, -0.25) is 9.36 Å². The van der Waals surface area contributed by atoms with E-state index >= 15 is 0 Å². The SMILES string of the molecule is CCOP(=O)(CCC[n+]1ccc(/C=C/c2cccc3c2CCCN3CCC(=O)NC(C)CCCN(CC)CC)c2ccccc21)OCC.[Br-]. The molecule has 49 heavy (non-hydrogen) atoms. The lowest BCUT2D eigenvalue weighted by Crippen LogP contribution is -3.00. The third-order valence-corrected chi connectivity index (χ3v) is 11.5. The van der Waals surface area contributed by atoms with Gasteiger partial charge in [-0.25, -0.2) is 0 Å². The third-order valence-electron chi connectivity index (χ3n) is 9.29. The molecule has 2 heterocycles. The van der Waals surface area contributed by atoms with Crippen LogP contribution < -0.4 is 31.8 Å². The highest BCUT2D eigenvalue weighted by Gasteiger charge is 2.24. The van der Waals surface area contributed by atoms with E-state index in [1.54, 1.807) is 0 Å². The van der Waals surface area contributed by atoms with Gasteiger partial charge >= 0.3 is 7.60 Å². The maximum atomic E-state index is 12.9. The van der Waals surface area contributed by atoms with Crippen LogP contribution in [0, 0.1) is 0 Å². The number of carbonyl (C=O) groups is 1. The van der Waals surface area contributed by atoms with Gasteiger partial charge in [0.1, 0.15) is 6.54 Å². The highest BCUT2D eigenvalue weighted by atomic mass is 79.9. The van der Waals surface area contributed by atoms with Crippen LogP contribution in [0.3, 0.4) is 0 Å². The average Bonchev–Trinajstić information content (AvgIpc) is 3.09. The smallest absolute Gasteiger partial charge is 0.330 e. The molecular formula is C39H58BrN4O4P. The summed E-state index contributed by atoms with van der Waals surface area (Å²) in [5, 5.41) is 4.40. The van der Waals surface area contributed by atoms with Gasteiger partial charge in [-0.15, -0.1) is 0 Å². The van der Waals surface area contributed by atoms with Crippen LogP contribution in [0.15, 0.2) is 54.7 Å². The van der Waals surface area contributed by atoms with E-state index in [1.807, 2.05) is 13.8 Å². The van der Waals surface area contributed by atoms with Crippen molar-refractivity contribution < 1.29 is 40.0 Å². The van der Waals surface area contributed by atoms with E-state index in [0.29, 0.717) is 32.2 Å². The third kappa shape index (κ3) is 12.0. The number of nitrogens with one attached hydrogen (secondary N) is 1. The zero-order chi connectivity index (χ0) is 34.4. The molecule has 10 heteroatoms. The second-order valence-electron chi connectivity index (χ2n) is 12.7. The minimum atomic E-state index is -3.06. The summed E-state index contributed by atoms with van der Waals surface area (Å²) >= 11 is 0. The predicted octanol–water partition coefficient (Wildman–Crippen LogP) is 4.73. The number of aromatic nitrogens is 1. The molecule has 0 saturated heterocycles. The molecule has 4 rings (SSSR count). The van der Waals surface area contributed by atoms with Gasteiger partial charge in [0.2, 0.25) is 11.4 Å². The number of rotatable bonds is 20. The average molecular weight is 758 g/mol. The molecule has 1 amide bonds. The molecular weight excluding hydrogens is 699 g/mol. The number of halogens is 1. The number of hydrogen-bond acceptors (Lipinski definition) is 6. The van der Waals surface area contributed by atoms with Gasteiger partial charge in [0, 0.05) is 49.8 Å². The second kappa shape index (κ2) is 21.0. The quantitative estimate of drug-likeness (QED) is 0.133. The maximum Gasteiger partial charge on any atom is 0.330 e. The van der Waals surface area contributed by atoms with E-state index in [0.717, 1.165) is 76.0 Å².